The van der Waals surface area contributed by atoms with Gasteiger partial charge in [-0.1, -0.05) is 19.1 Å². The number of nitrogens with one attached hydrogen (secondary N) is 1. The molecular formula is C13H17N3OS. The first-order valence-electron chi connectivity index (χ1n) is 6.10. The van der Waals surface area contributed by atoms with E-state index in [1.165, 1.54) is 17.1 Å². The van der Waals surface area contributed by atoms with Crippen molar-refractivity contribution in [1.82, 2.24) is 9.36 Å². The average molecular weight is 263 g/mol. The molecule has 0 amide bonds. The Kier molecular flexibility index (Phi) is 4.52. The molecule has 0 fully saturated rings. The summed E-state index contributed by atoms with van der Waals surface area (Å²) >= 11 is 1.40. The van der Waals surface area contributed by atoms with Crippen molar-refractivity contribution in [2.45, 2.75) is 26.8 Å². The molecule has 0 aliphatic heterocycles. The van der Waals surface area contributed by atoms with Crippen molar-refractivity contribution in [3.05, 3.63) is 35.7 Å². The van der Waals surface area contributed by atoms with Crippen LogP contribution >= 0.6 is 11.5 Å². The van der Waals surface area contributed by atoms with Crippen molar-refractivity contribution in [3.8, 4) is 5.75 Å². The highest BCUT2D eigenvalue weighted by molar-refractivity contribution is 7.09. The number of nitrogens with zero attached hydrogens (tertiary/aromatic N) is 2. The van der Waals surface area contributed by atoms with Crippen molar-refractivity contribution in [2.24, 2.45) is 0 Å². The van der Waals surface area contributed by atoms with Gasteiger partial charge in [0.1, 0.15) is 11.6 Å². The SMILES string of the molecule is CCOc1cccc(CNc2nc(CC)ns2)c1. The molecule has 0 saturated heterocycles. The zero-order valence-electron chi connectivity index (χ0n) is 10.6. The molecule has 0 aliphatic carbocycles. The largest absolute Gasteiger partial charge is 0.494 e. The second-order valence-corrected chi connectivity index (χ2v) is 4.56. The molecule has 4 nitrogen and oxygen atoms in total. The fourth-order valence-corrected chi connectivity index (χ4v) is 2.20. The van der Waals surface area contributed by atoms with Crippen LogP contribution in [-0.2, 0) is 13.0 Å². The van der Waals surface area contributed by atoms with E-state index in [2.05, 4.69) is 27.7 Å². The van der Waals surface area contributed by atoms with Gasteiger partial charge in [0.2, 0.25) is 5.13 Å². The molecule has 0 atom stereocenters. The topological polar surface area (TPSA) is 47.0 Å². The van der Waals surface area contributed by atoms with Gasteiger partial charge in [0.15, 0.2) is 0 Å². The molecule has 0 unspecified atom stereocenters. The maximum atomic E-state index is 5.47. The molecule has 0 saturated carbocycles. The summed E-state index contributed by atoms with van der Waals surface area (Å²) in [5, 5.41) is 4.14. The minimum atomic E-state index is 0.688. The van der Waals surface area contributed by atoms with Crippen LogP contribution in [0.5, 0.6) is 5.75 Å². The lowest BCUT2D eigenvalue weighted by molar-refractivity contribution is 0.340. The molecular weight excluding hydrogens is 246 g/mol. The second kappa shape index (κ2) is 6.35. The number of benzene rings is 1. The van der Waals surface area contributed by atoms with Crippen LogP contribution in [-0.4, -0.2) is 16.0 Å². The molecule has 18 heavy (non-hydrogen) atoms. The van der Waals surface area contributed by atoms with Crippen LogP contribution in [0.3, 0.4) is 0 Å². The van der Waals surface area contributed by atoms with Gasteiger partial charge in [-0.3, -0.25) is 0 Å². The molecule has 0 radical (unpaired) electrons. The Labute approximate surface area is 111 Å². The Bertz CT molecular complexity index is 498. The number of hydrogen-bond donors (Lipinski definition) is 1. The summed E-state index contributed by atoms with van der Waals surface area (Å²) in [7, 11) is 0. The Morgan fingerprint density at radius 3 is 2.94 bits per heavy atom. The predicted molar refractivity (Wildman–Crippen MR) is 74.2 cm³/mol. The molecule has 5 heteroatoms. The third-order valence-corrected chi connectivity index (χ3v) is 3.15. The molecule has 1 aromatic heterocycles. The molecule has 2 aromatic rings. The molecule has 0 bridgehead atoms. The first-order valence-corrected chi connectivity index (χ1v) is 6.87. The normalized spacial score (nSPS) is 10.3. The van der Waals surface area contributed by atoms with Crippen LogP contribution in [0.1, 0.15) is 25.2 Å². The number of ether oxygens (including phenoxy) is 1. The number of aromatic nitrogens is 2. The Balaban J connectivity index is 1.94. The van der Waals surface area contributed by atoms with E-state index >= 15 is 0 Å². The zero-order chi connectivity index (χ0) is 12.8. The van der Waals surface area contributed by atoms with Crippen molar-refractivity contribution >= 4 is 16.7 Å². The summed E-state index contributed by atoms with van der Waals surface area (Å²) in [4.78, 5) is 4.37. The highest BCUT2D eigenvalue weighted by atomic mass is 32.1. The van der Waals surface area contributed by atoms with E-state index in [1.807, 2.05) is 25.1 Å². The maximum Gasteiger partial charge on any atom is 0.202 e. The standard InChI is InChI=1S/C13H17N3OS/c1-3-12-15-13(18-16-12)14-9-10-6-5-7-11(8-10)17-4-2/h5-8H,3-4,9H2,1-2H3,(H,14,15,16). The first-order chi connectivity index (χ1) is 8.81. The number of anilines is 1. The van der Waals surface area contributed by atoms with Crippen LogP contribution in [0, 0.1) is 0 Å². The highest BCUT2D eigenvalue weighted by Crippen LogP contribution is 2.16. The first kappa shape index (κ1) is 12.8. The lowest BCUT2D eigenvalue weighted by atomic mass is 10.2. The smallest absolute Gasteiger partial charge is 0.202 e. The van der Waals surface area contributed by atoms with Gasteiger partial charge in [0.25, 0.3) is 0 Å². The number of rotatable bonds is 6. The maximum absolute atomic E-state index is 5.47. The summed E-state index contributed by atoms with van der Waals surface area (Å²) in [6.45, 7) is 5.46. The quantitative estimate of drug-likeness (QED) is 0.870. The van der Waals surface area contributed by atoms with E-state index < -0.39 is 0 Å². The molecule has 96 valence electrons. The monoisotopic (exact) mass is 263 g/mol. The molecule has 1 aromatic carbocycles. The van der Waals surface area contributed by atoms with Crippen LogP contribution in [0.4, 0.5) is 5.13 Å². The summed E-state index contributed by atoms with van der Waals surface area (Å²) < 4.78 is 9.70. The van der Waals surface area contributed by atoms with Crippen molar-refractivity contribution < 1.29 is 4.74 Å². The minimum Gasteiger partial charge on any atom is -0.494 e. The Morgan fingerprint density at radius 1 is 1.33 bits per heavy atom. The van der Waals surface area contributed by atoms with Crippen LogP contribution in [0.25, 0.3) is 0 Å². The summed E-state index contributed by atoms with van der Waals surface area (Å²) in [5.41, 5.74) is 1.18. The van der Waals surface area contributed by atoms with E-state index in [-0.39, 0.29) is 0 Å². The van der Waals surface area contributed by atoms with Gasteiger partial charge in [-0.05, 0) is 24.6 Å². The van der Waals surface area contributed by atoms with Crippen molar-refractivity contribution in [1.29, 1.82) is 0 Å². The van der Waals surface area contributed by atoms with E-state index in [9.17, 15) is 0 Å². The van der Waals surface area contributed by atoms with Crippen molar-refractivity contribution in [3.63, 3.8) is 0 Å². The van der Waals surface area contributed by atoms with E-state index in [4.69, 9.17) is 4.74 Å². The van der Waals surface area contributed by atoms with Gasteiger partial charge in [-0.25, -0.2) is 4.98 Å². The molecule has 1 N–H and O–H groups in total. The molecule has 0 aliphatic rings. The Hall–Kier alpha value is -1.62. The third-order valence-electron chi connectivity index (χ3n) is 2.44. The van der Waals surface area contributed by atoms with E-state index in [1.54, 1.807) is 0 Å². The van der Waals surface area contributed by atoms with Gasteiger partial charge in [-0.2, -0.15) is 4.37 Å². The van der Waals surface area contributed by atoms with Crippen molar-refractivity contribution in [2.75, 3.05) is 11.9 Å². The summed E-state index contributed by atoms with van der Waals surface area (Å²) in [6, 6.07) is 8.07. The van der Waals surface area contributed by atoms with Crippen LogP contribution in [0.15, 0.2) is 24.3 Å². The fraction of sp³-hybridized carbons (Fsp3) is 0.385. The highest BCUT2D eigenvalue weighted by Gasteiger charge is 2.02. The van der Waals surface area contributed by atoms with E-state index in [0.717, 1.165) is 29.7 Å². The number of aryl methyl sites for hydroxylation is 1. The molecule has 2 rings (SSSR count). The second-order valence-electron chi connectivity index (χ2n) is 3.80. The van der Waals surface area contributed by atoms with Gasteiger partial charge >= 0.3 is 0 Å². The number of hydrogen-bond acceptors (Lipinski definition) is 5. The average Bonchev–Trinajstić information content (AvgIpc) is 2.85. The van der Waals surface area contributed by atoms with E-state index in [0.29, 0.717) is 6.61 Å². The summed E-state index contributed by atoms with van der Waals surface area (Å²) in [5.74, 6) is 1.80. The lowest BCUT2D eigenvalue weighted by Crippen LogP contribution is -2.00. The summed E-state index contributed by atoms with van der Waals surface area (Å²) in [6.07, 6.45) is 0.873. The lowest BCUT2D eigenvalue weighted by Gasteiger charge is -2.06. The van der Waals surface area contributed by atoms with Crippen LogP contribution < -0.4 is 10.1 Å². The zero-order valence-corrected chi connectivity index (χ0v) is 11.5. The van der Waals surface area contributed by atoms with Gasteiger partial charge in [0, 0.05) is 24.5 Å². The van der Waals surface area contributed by atoms with Gasteiger partial charge in [-0.15, -0.1) is 0 Å². The Morgan fingerprint density at radius 2 is 2.22 bits per heavy atom. The van der Waals surface area contributed by atoms with Gasteiger partial charge in [0.05, 0.1) is 6.61 Å². The predicted octanol–water partition coefficient (Wildman–Crippen LogP) is 3.11. The molecule has 0 spiro atoms. The minimum absolute atomic E-state index is 0.688. The molecule has 1 heterocycles. The fourth-order valence-electron chi connectivity index (χ4n) is 1.56. The van der Waals surface area contributed by atoms with Gasteiger partial charge < -0.3 is 10.1 Å². The third kappa shape index (κ3) is 3.43. The van der Waals surface area contributed by atoms with Crippen LogP contribution in [0.2, 0.25) is 0 Å².